The molecule has 198 valence electrons. The molecule has 0 aliphatic heterocycles. The van der Waals surface area contributed by atoms with Gasteiger partial charge in [0.2, 0.25) is 17.7 Å². The van der Waals surface area contributed by atoms with Crippen LogP contribution in [0.3, 0.4) is 0 Å². The predicted molar refractivity (Wildman–Crippen MR) is 133 cm³/mol. The lowest BCUT2D eigenvalue weighted by atomic mass is 10.0. The van der Waals surface area contributed by atoms with E-state index < -0.39 is 54.0 Å². The van der Waals surface area contributed by atoms with Crippen molar-refractivity contribution in [3.05, 3.63) is 54.2 Å². The number of carboxylic acids is 1. The van der Waals surface area contributed by atoms with Crippen molar-refractivity contribution in [2.45, 2.75) is 57.0 Å². The fraction of sp³-hybridized carbons (Fsp3) is 0.375. The molecule has 0 saturated carbocycles. The number of amides is 3. The number of nitrogens with zero attached hydrogens (tertiary/aromatic N) is 1. The summed E-state index contributed by atoms with van der Waals surface area (Å²) >= 11 is 0. The average Bonchev–Trinajstić information content (AvgIpc) is 3.51. The maximum Gasteiger partial charge on any atom is 0.325 e. The van der Waals surface area contributed by atoms with Crippen LogP contribution in [0.1, 0.15) is 25.1 Å². The number of H-pyrrole nitrogens is 2. The fourth-order valence-electron chi connectivity index (χ4n) is 3.76. The highest BCUT2D eigenvalue weighted by Gasteiger charge is 2.32. The monoisotopic (exact) mass is 513 g/mol. The zero-order valence-corrected chi connectivity index (χ0v) is 20.4. The van der Waals surface area contributed by atoms with Gasteiger partial charge >= 0.3 is 5.97 Å². The second kappa shape index (κ2) is 12.1. The zero-order valence-electron chi connectivity index (χ0n) is 20.4. The molecule has 5 unspecified atom stereocenters. The normalized spacial score (nSPS) is 15.2. The quantitative estimate of drug-likeness (QED) is 0.149. The molecule has 2 aromatic heterocycles. The molecule has 0 saturated heterocycles. The van der Waals surface area contributed by atoms with Crippen molar-refractivity contribution in [3.63, 3.8) is 0 Å². The minimum absolute atomic E-state index is 0.00292. The van der Waals surface area contributed by atoms with Crippen LogP contribution in [0, 0.1) is 0 Å². The largest absolute Gasteiger partial charge is 0.480 e. The van der Waals surface area contributed by atoms with Gasteiger partial charge in [0.15, 0.2) is 0 Å². The zero-order chi connectivity index (χ0) is 27.1. The summed E-state index contributed by atoms with van der Waals surface area (Å²) in [5.41, 5.74) is 8.44. The Morgan fingerprint density at radius 3 is 2.38 bits per heavy atom. The second-order valence-corrected chi connectivity index (χ2v) is 8.81. The molecule has 0 bridgehead atoms. The first-order valence-corrected chi connectivity index (χ1v) is 11.7. The van der Waals surface area contributed by atoms with Crippen LogP contribution in [0.2, 0.25) is 0 Å². The highest BCUT2D eigenvalue weighted by atomic mass is 16.4. The number of fused-ring (bicyclic) bond motifs is 1. The lowest BCUT2D eigenvalue weighted by molar-refractivity contribution is -0.142. The number of nitrogens with two attached hydrogens (primary N) is 1. The fourth-order valence-corrected chi connectivity index (χ4v) is 3.76. The van der Waals surface area contributed by atoms with Crippen LogP contribution in [0.15, 0.2) is 43.0 Å². The molecule has 5 atom stereocenters. The molecule has 2 heterocycles. The second-order valence-electron chi connectivity index (χ2n) is 8.81. The summed E-state index contributed by atoms with van der Waals surface area (Å²) in [4.78, 5) is 59.6. The number of para-hydroxylation sites is 1. The molecule has 0 radical (unpaired) electrons. The average molecular weight is 514 g/mol. The maximum atomic E-state index is 13.1. The summed E-state index contributed by atoms with van der Waals surface area (Å²) in [6.45, 7) is 2.52. The van der Waals surface area contributed by atoms with Gasteiger partial charge in [-0.3, -0.25) is 19.2 Å². The standard InChI is InChI=1S/C24H31N7O6/c1-12(24(36)37)29-23(35)20(13(2)32)31-22(34)19(8-15-10-26-11-28-15)30-21(33)17(25)7-14-9-27-18-6-4-3-5-16(14)18/h3-6,9-13,17,19-20,27,32H,7-8,25H2,1-2H3,(H,26,28)(H,29,35)(H,30,33)(H,31,34)(H,36,37). The van der Waals surface area contributed by atoms with Gasteiger partial charge in [0.25, 0.3) is 0 Å². The number of aromatic nitrogens is 3. The molecule has 0 aliphatic rings. The van der Waals surface area contributed by atoms with Crippen molar-refractivity contribution in [3.8, 4) is 0 Å². The number of nitrogens with one attached hydrogen (secondary N) is 5. The number of rotatable bonds is 12. The van der Waals surface area contributed by atoms with Crippen molar-refractivity contribution in [2.24, 2.45) is 5.73 Å². The lowest BCUT2D eigenvalue weighted by Crippen LogP contribution is -2.60. The molecule has 1 aromatic carbocycles. The Labute approximate surface area is 212 Å². The van der Waals surface area contributed by atoms with Crippen LogP contribution in [-0.2, 0) is 32.0 Å². The Balaban J connectivity index is 1.72. The van der Waals surface area contributed by atoms with Crippen LogP contribution in [0.4, 0.5) is 0 Å². The van der Waals surface area contributed by atoms with E-state index in [4.69, 9.17) is 10.8 Å². The molecular weight excluding hydrogens is 482 g/mol. The van der Waals surface area contributed by atoms with E-state index in [0.717, 1.165) is 16.5 Å². The molecule has 37 heavy (non-hydrogen) atoms. The van der Waals surface area contributed by atoms with Gasteiger partial charge in [0, 0.05) is 35.4 Å². The van der Waals surface area contributed by atoms with Crippen LogP contribution in [0.25, 0.3) is 10.9 Å². The van der Waals surface area contributed by atoms with E-state index in [1.54, 1.807) is 6.20 Å². The van der Waals surface area contributed by atoms with E-state index in [2.05, 4.69) is 30.9 Å². The van der Waals surface area contributed by atoms with E-state index in [0.29, 0.717) is 5.69 Å². The van der Waals surface area contributed by atoms with E-state index in [-0.39, 0.29) is 12.8 Å². The number of hydrogen-bond acceptors (Lipinski definition) is 7. The number of aromatic amines is 2. The summed E-state index contributed by atoms with van der Waals surface area (Å²) < 4.78 is 0. The number of aliphatic hydroxyl groups excluding tert-OH is 1. The van der Waals surface area contributed by atoms with Gasteiger partial charge < -0.3 is 41.9 Å². The van der Waals surface area contributed by atoms with Crippen LogP contribution in [0.5, 0.6) is 0 Å². The SMILES string of the molecule is CC(NC(=O)C(NC(=O)C(Cc1cnc[nH]1)NC(=O)C(N)Cc1c[nH]c2ccccc12)C(C)O)C(=O)O. The Morgan fingerprint density at radius 2 is 1.73 bits per heavy atom. The molecule has 0 aliphatic carbocycles. The maximum absolute atomic E-state index is 13.1. The first-order valence-electron chi connectivity index (χ1n) is 11.7. The topological polar surface area (TPSA) is 215 Å². The number of benzene rings is 1. The Kier molecular flexibility index (Phi) is 8.98. The molecule has 3 rings (SSSR count). The number of carbonyl (C=O) groups excluding carboxylic acids is 3. The molecule has 3 aromatic rings. The van der Waals surface area contributed by atoms with Crippen LogP contribution in [-0.4, -0.2) is 79.1 Å². The summed E-state index contributed by atoms with van der Waals surface area (Å²) in [6, 6.07) is 2.72. The van der Waals surface area contributed by atoms with Crippen molar-refractivity contribution in [2.75, 3.05) is 0 Å². The molecule has 9 N–H and O–H groups in total. The van der Waals surface area contributed by atoms with Gasteiger partial charge in [0.05, 0.1) is 18.5 Å². The summed E-state index contributed by atoms with van der Waals surface area (Å²) in [6.07, 6.45) is 3.52. The van der Waals surface area contributed by atoms with Gasteiger partial charge in [-0.15, -0.1) is 0 Å². The molecule has 3 amide bonds. The number of hydrogen-bond donors (Lipinski definition) is 8. The van der Waals surface area contributed by atoms with Gasteiger partial charge in [-0.25, -0.2) is 4.98 Å². The first-order chi connectivity index (χ1) is 17.6. The number of carboxylic acid groups (broad SMARTS) is 1. The number of aliphatic carboxylic acids is 1. The molecule has 0 fully saturated rings. The van der Waals surface area contributed by atoms with Gasteiger partial charge in [0.1, 0.15) is 18.1 Å². The Hall–Kier alpha value is -4.23. The van der Waals surface area contributed by atoms with Crippen LogP contribution < -0.4 is 21.7 Å². The van der Waals surface area contributed by atoms with E-state index in [1.807, 2.05) is 24.3 Å². The van der Waals surface area contributed by atoms with Crippen molar-refractivity contribution >= 4 is 34.6 Å². The van der Waals surface area contributed by atoms with E-state index in [1.165, 1.54) is 26.4 Å². The summed E-state index contributed by atoms with van der Waals surface area (Å²) in [5, 5.41) is 27.3. The Morgan fingerprint density at radius 1 is 1.00 bits per heavy atom. The molecular formula is C24H31N7O6. The number of carbonyl (C=O) groups is 4. The van der Waals surface area contributed by atoms with Crippen molar-refractivity contribution < 1.29 is 29.4 Å². The minimum Gasteiger partial charge on any atom is -0.480 e. The van der Waals surface area contributed by atoms with E-state index in [9.17, 15) is 24.3 Å². The third kappa shape index (κ3) is 7.15. The highest BCUT2D eigenvalue weighted by molar-refractivity contribution is 5.94. The number of aliphatic hydroxyl groups is 1. The van der Waals surface area contributed by atoms with Crippen molar-refractivity contribution in [1.82, 2.24) is 30.9 Å². The molecule has 13 nitrogen and oxygen atoms in total. The minimum atomic E-state index is -1.46. The molecule has 13 heteroatoms. The highest BCUT2D eigenvalue weighted by Crippen LogP contribution is 2.18. The van der Waals surface area contributed by atoms with Gasteiger partial charge in [-0.1, -0.05) is 18.2 Å². The predicted octanol–water partition coefficient (Wildman–Crippen LogP) is -1.06. The summed E-state index contributed by atoms with van der Waals surface area (Å²) in [7, 11) is 0. The summed E-state index contributed by atoms with van der Waals surface area (Å²) in [5.74, 6) is -3.53. The first kappa shape index (κ1) is 27.4. The van der Waals surface area contributed by atoms with E-state index >= 15 is 0 Å². The number of imidazole rings is 1. The van der Waals surface area contributed by atoms with Crippen molar-refractivity contribution in [1.29, 1.82) is 0 Å². The smallest absolute Gasteiger partial charge is 0.325 e. The third-order valence-corrected chi connectivity index (χ3v) is 5.86. The third-order valence-electron chi connectivity index (χ3n) is 5.86. The van der Waals surface area contributed by atoms with Gasteiger partial charge in [-0.2, -0.15) is 0 Å². The Bertz CT molecular complexity index is 1240. The van der Waals surface area contributed by atoms with Gasteiger partial charge in [-0.05, 0) is 31.9 Å². The van der Waals surface area contributed by atoms with Crippen LogP contribution >= 0.6 is 0 Å². The lowest BCUT2D eigenvalue weighted by Gasteiger charge is -2.26. The molecule has 0 spiro atoms.